The summed E-state index contributed by atoms with van der Waals surface area (Å²) in [6.45, 7) is 2.62. The maximum absolute atomic E-state index is 10.6. The fourth-order valence-corrected chi connectivity index (χ4v) is 1.21. The van der Waals surface area contributed by atoms with Crippen molar-refractivity contribution in [2.45, 2.75) is 38.9 Å². The molecule has 0 aliphatic heterocycles. The summed E-state index contributed by atoms with van der Waals surface area (Å²) in [5, 5.41) is 0. The quantitative estimate of drug-likeness (QED) is 0.460. The van der Waals surface area contributed by atoms with Gasteiger partial charge in [0.15, 0.2) is 0 Å². The van der Waals surface area contributed by atoms with E-state index >= 15 is 0 Å². The van der Waals surface area contributed by atoms with Gasteiger partial charge in [0, 0.05) is 26.7 Å². The second kappa shape index (κ2) is 3.13. The van der Waals surface area contributed by atoms with Crippen molar-refractivity contribution in [2.75, 3.05) is 0 Å². The van der Waals surface area contributed by atoms with Gasteiger partial charge in [-0.15, -0.1) is 0 Å². The molecule has 0 aromatic heterocycles. The topological polar surface area (TPSA) is 52.6 Å². The summed E-state index contributed by atoms with van der Waals surface area (Å²) in [4.78, 5) is 21.2. The molecule has 0 bridgehead atoms. The fraction of sp³-hybridized carbons (Fsp3) is 0.750. The third-order valence-corrected chi connectivity index (χ3v) is 1.77. The highest BCUT2D eigenvalue weighted by Gasteiger charge is 2.43. The van der Waals surface area contributed by atoms with Gasteiger partial charge in [-0.1, -0.05) is 0 Å². The lowest BCUT2D eigenvalue weighted by Crippen LogP contribution is -2.45. The number of rotatable bonds is 2. The van der Waals surface area contributed by atoms with Gasteiger partial charge in [0.25, 0.3) is 5.79 Å². The van der Waals surface area contributed by atoms with E-state index < -0.39 is 17.7 Å². The van der Waals surface area contributed by atoms with E-state index in [1.807, 2.05) is 0 Å². The summed E-state index contributed by atoms with van der Waals surface area (Å²) in [6.07, 6.45) is 2.17. The molecule has 1 aliphatic carbocycles. The zero-order valence-electron chi connectivity index (χ0n) is 7.25. The van der Waals surface area contributed by atoms with E-state index in [9.17, 15) is 9.59 Å². The van der Waals surface area contributed by atoms with Gasteiger partial charge < -0.3 is 9.47 Å². The minimum atomic E-state index is -0.933. The van der Waals surface area contributed by atoms with Gasteiger partial charge in [-0.2, -0.15) is 0 Å². The van der Waals surface area contributed by atoms with Gasteiger partial charge in [-0.3, -0.25) is 9.59 Å². The van der Waals surface area contributed by atoms with Crippen LogP contribution >= 0.6 is 0 Å². The van der Waals surface area contributed by atoms with Crippen molar-refractivity contribution in [1.82, 2.24) is 0 Å². The van der Waals surface area contributed by atoms with Crippen molar-refractivity contribution in [1.29, 1.82) is 0 Å². The SMILES string of the molecule is CC(=O)OC1(OC(C)=O)CCC1. The van der Waals surface area contributed by atoms with Crippen LogP contribution in [-0.2, 0) is 19.1 Å². The number of ether oxygens (including phenoxy) is 2. The highest BCUT2D eigenvalue weighted by Crippen LogP contribution is 2.36. The highest BCUT2D eigenvalue weighted by atomic mass is 16.7. The van der Waals surface area contributed by atoms with E-state index in [1.165, 1.54) is 13.8 Å². The van der Waals surface area contributed by atoms with E-state index in [-0.39, 0.29) is 0 Å². The van der Waals surface area contributed by atoms with E-state index in [2.05, 4.69) is 0 Å². The minimum Gasteiger partial charge on any atom is -0.423 e. The van der Waals surface area contributed by atoms with Crippen molar-refractivity contribution in [2.24, 2.45) is 0 Å². The second-order valence-electron chi connectivity index (χ2n) is 2.95. The number of carbonyl (C=O) groups is 2. The van der Waals surface area contributed by atoms with Crippen LogP contribution in [0, 0.1) is 0 Å². The third kappa shape index (κ3) is 1.96. The van der Waals surface area contributed by atoms with Crippen LogP contribution in [0.3, 0.4) is 0 Å². The zero-order chi connectivity index (χ0) is 9.19. The molecule has 12 heavy (non-hydrogen) atoms. The number of esters is 2. The Labute approximate surface area is 70.8 Å². The van der Waals surface area contributed by atoms with Crippen LogP contribution in [0.25, 0.3) is 0 Å². The first-order valence-electron chi connectivity index (χ1n) is 3.93. The molecule has 1 fully saturated rings. The van der Waals surface area contributed by atoms with Crippen LogP contribution in [0.1, 0.15) is 33.1 Å². The molecule has 4 nitrogen and oxygen atoms in total. The molecule has 0 aromatic carbocycles. The Kier molecular flexibility index (Phi) is 2.35. The van der Waals surface area contributed by atoms with Crippen LogP contribution in [0.5, 0.6) is 0 Å². The molecule has 0 spiro atoms. The molecule has 68 valence electrons. The van der Waals surface area contributed by atoms with Crippen LogP contribution < -0.4 is 0 Å². The Balaban J connectivity index is 2.50. The predicted molar refractivity (Wildman–Crippen MR) is 40.1 cm³/mol. The molecule has 0 atom stereocenters. The average molecular weight is 172 g/mol. The minimum absolute atomic E-state index is 0.407. The molecule has 1 saturated carbocycles. The molecule has 0 N–H and O–H groups in total. The molecule has 0 heterocycles. The molecular formula is C8H12O4. The smallest absolute Gasteiger partial charge is 0.305 e. The van der Waals surface area contributed by atoms with Crippen molar-refractivity contribution in [3.8, 4) is 0 Å². The van der Waals surface area contributed by atoms with Gasteiger partial charge >= 0.3 is 11.9 Å². The van der Waals surface area contributed by atoms with Gasteiger partial charge in [0.05, 0.1) is 0 Å². The fourth-order valence-electron chi connectivity index (χ4n) is 1.21. The van der Waals surface area contributed by atoms with Gasteiger partial charge in [0.1, 0.15) is 0 Å². The molecule has 4 heteroatoms. The lowest BCUT2D eigenvalue weighted by atomic mass is 9.91. The Bertz CT molecular complexity index is 187. The third-order valence-electron chi connectivity index (χ3n) is 1.77. The first-order valence-corrected chi connectivity index (χ1v) is 3.93. The Morgan fingerprint density at radius 3 is 1.67 bits per heavy atom. The largest absolute Gasteiger partial charge is 0.423 e. The molecule has 0 radical (unpaired) electrons. The Morgan fingerprint density at radius 1 is 1.08 bits per heavy atom. The van der Waals surface area contributed by atoms with Gasteiger partial charge in [0.2, 0.25) is 0 Å². The number of hydrogen-bond donors (Lipinski definition) is 0. The van der Waals surface area contributed by atoms with Crippen molar-refractivity contribution >= 4 is 11.9 Å². The predicted octanol–water partition coefficient (Wildman–Crippen LogP) is 0.993. The summed E-state index contributed by atoms with van der Waals surface area (Å²) in [5.74, 6) is -1.75. The van der Waals surface area contributed by atoms with Crippen LogP contribution in [0.2, 0.25) is 0 Å². The summed E-state index contributed by atoms with van der Waals surface area (Å²) in [5.41, 5.74) is 0. The number of carbonyl (C=O) groups excluding carboxylic acids is 2. The molecule has 0 amide bonds. The van der Waals surface area contributed by atoms with Crippen LogP contribution in [0.4, 0.5) is 0 Å². The lowest BCUT2D eigenvalue weighted by Gasteiger charge is -2.38. The first kappa shape index (κ1) is 9.03. The normalized spacial score (nSPS) is 19.2. The maximum Gasteiger partial charge on any atom is 0.305 e. The van der Waals surface area contributed by atoms with Crippen LogP contribution in [0.15, 0.2) is 0 Å². The first-order chi connectivity index (χ1) is 5.54. The van der Waals surface area contributed by atoms with Crippen molar-refractivity contribution in [3.63, 3.8) is 0 Å². The Morgan fingerprint density at radius 2 is 1.50 bits per heavy atom. The molecule has 0 saturated heterocycles. The molecule has 0 aromatic rings. The van der Waals surface area contributed by atoms with E-state index in [1.54, 1.807) is 0 Å². The zero-order valence-corrected chi connectivity index (χ0v) is 7.25. The molecular weight excluding hydrogens is 160 g/mol. The summed E-state index contributed by atoms with van der Waals surface area (Å²) in [6, 6.07) is 0. The van der Waals surface area contributed by atoms with Crippen molar-refractivity contribution in [3.05, 3.63) is 0 Å². The molecule has 1 rings (SSSR count). The van der Waals surface area contributed by atoms with Crippen molar-refractivity contribution < 1.29 is 19.1 Å². The molecule has 1 aliphatic rings. The summed E-state index contributed by atoms with van der Waals surface area (Å²) in [7, 11) is 0. The number of hydrogen-bond acceptors (Lipinski definition) is 4. The lowest BCUT2D eigenvalue weighted by molar-refractivity contribution is -0.252. The van der Waals surface area contributed by atoms with Gasteiger partial charge in [-0.05, 0) is 6.42 Å². The Hall–Kier alpha value is -1.06. The monoisotopic (exact) mass is 172 g/mol. The maximum atomic E-state index is 10.6. The average Bonchev–Trinajstić information content (AvgIpc) is 1.80. The summed E-state index contributed by atoms with van der Waals surface area (Å²) < 4.78 is 9.81. The highest BCUT2D eigenvalue weighted by molar-refractivity contribution is 5.69. The van der Waals surface area contributed by atoms with E-state index in [0.717, 1.165) is 6.42 Å². The summed E-state index contributed by atoms with van der Waals surface area (Å²) >= 11 is 0. The van der Waals surface area contributed by atoms with Crippen LogP contribution in [-0.4, -0.2) is 17.7 Å². The van der Waals surface area contributed by atoms with E-state index in [4.69, 9.17) is 9.47 Å². The van der Waals surface area contributed by atoms with Gasteiger partial charge in [-0.25, -0.2) is 0 Å². The second-order valence-corrected chi connectivity index (χ2v) is 2.95. The molecule has 0 unspecified atom stereocenters. The van der Waals surface area contributed by atoms with E-state index in [0.29, 0.717) is 12.8 Å². The standard InChI is InChI=1S/C8H12O4/c1-6(9)11-8(4-3-5-8)12-7(2)10/h3-5H2,1-2H3.